The van der Waals surface area contributed by atoms with Crippen molar-refractivity contribution in [3.05, 3.63) is 0 Å². The molecule has 0 saturated heterocycles. The lowest BCUT2D eigenvalue weighted by molar-refractivity contribution is 0.413. The number of nitrogens with one attached hydrogen (secondary N) is 2. The largest absolute Gasteiger partial charge is 0.357 e. The second-order valence-electron chi connectivity index (χ2n) is 6.95. The van der Waals surface area contributed by atoms with Crippen molar-refractivity contribution in [2.24, 2.45) is 10.9 Å². The molecule has 5 heteroatoms. The first-order valence-corrected chi connectivity index (χ1v) is 10.9. The van der Waals surface area contributed by atoms with E-state index in [0.29, 0.717) is 11.3 Å². The molecule has 0 aliphatic heterocycles. The molecule has 0 radical (unpaired) electrons. The number of guanidine groups is 1. The van der Waals surface area contributed by atoms with Gasteiger partial charge in [0.05, 0.1) is 0 Å². The lowest BCUT2D eigenvalue weighted by Gasteiger charge is -2.30. The molecule has 4 nitrogen and oxygen atoms in total. The summed E-state index contributed by atoms with van der Waals surface area (Å²) < 4.78 is 12.1. The van der Waals surface area contributed by atoms with Crippen molar-refractivity contribution in [3.63, 3.8) is 0 Å². The van der Waals surface area contributed by atoms with Crippen LogP contribution in [0, 0.1) is 5.92 Å². The molecule has 0 aromatic carbocycles. The maximum absolute atomic E-state index is 12.1. The van der Waals surface area contributed by atoms with Crippen LogP contribution < -0.4 is 10.6 Å². The highest BCUT2D eigenvalue weighted by molar-refractivity contribution is 7.85. The van der Waals surface area contributed by atoms with Crippen LogP contribution in [0.3, 0.4) is 0 Å². The van der Waals surface area contributed by atoms with Crippen molar-refractivity contribution in [2.45, 2.75) is 83.9 Å². The summed E-state index contributed by atoms with van der Waals surface area (Å²) in [5.41, 5.74) is 0. The average Bonchev–Trinajstić information content (AvgIpc) is 2.53. The van der Waals surface area contributed by atoms with Gasteiger partial charge in [-0.1, -0.05) is 40.0 Å². The Bertz CT molecular complexity index is 371. The van der Waals surface area contributed by atoms with Crippen molar-refractivity contribution in [1.29, 1.82) is 0 Å². The number of unbranched alkanes of at least 4 members (excludes halogenated alkanes) is 1. The van der Waals surface area contributed by atoms with Gasteiger partial charge in [-0.3, -0.25) is 9.20 Å². The van der Waals surface area contributed by atoms with Crippen LogP contribution in [0.1, 0.15) is 72.6 Å². The van der Waals surface area contributed by atoms with Crippen LogP contribution in [0.4, 0.5) is 0 Å². The van der Waals surface area contributed by atoms with Gasteiger partial charge < -0.3 is 10.6 Å². The first-order valence-electron chi connectivity index (χ1n) is 9.48. The maximum atomic E-state index is 12.1. The molecule has 1 saturated carbocycles. The molecule has 2 N–H and O–H groups in total. The highest BCUT2D eigenvalue weighted by Gasteiger charge is 2.25. The third-order valence-corrected chi connectivity index (χ3v) is 6.17. The van der Waals surface area contributed by atoms with Gasteiger partial charge in [-0.2, -0.15) is 0 Å². The van der Waals surface area contributed by atoms with Gasteiger partial charge in [0.25, 0.3) is 0 Å². The molecule has 3 atom stereocenters. The van der Waals surface area contributed by atoms with E-state index in [1.165, 1.54) is 19.3 Å². The molecule has 23 heavy (non-hydrogen) atoms. The lowest BCUT2D eigenvalue weighted by atomic mass is 9.95. The Balaban J connectivity index is 2.42. The summed E-state index contributed by atoms with van der Waals surface area (Å²) in [4.78, 5) is 4.71. The molecule has 0 amide bonds. The summed E-state index contributed by atoms with van der Waals surface area (Å²) in [5.74, 6) is 2.50. The summed E-state index contributed by atoms with van der Waals surface area (Å²) >= 11 is 0. The van der Waals surface area contributed by atoms with E-state index in [1.54, 1.807) is 0 Å². The Labute approximate surface area is 145 Å². The molecule has 136 valence electrons. The zero-order valence-corrected chi connectivity index (χ0v) is 16.4. The number of nitrogens with zero attached hydrogens (tertiary/aromatic N) is 1. The molecule has 3 unspecified atom stereocenters. The van der Waals surface area contributed by atoms with Crippen molar-refractivity contribution in [1.82, 2.24) is 10.6 Å². The fraction of sp³-hybridized carbons (Fsp3) is 0.944. The fourth-order valence-corrected chi connectivity index (χ4v) is 4.47. The molecular weight excluding hydrogens is 306 g/mol. The minimum absolute atomic E-state index is 0.361. The first-order chi connectivity index (χ1) is 11.1. The molecule has 0 spiro atoms. The van der Waals surface area contributed by atoms with Gasteiger partial charge in [0.15, 0.2) is 5.96 Å². The van der Waals surface area contributed by atoms with Crippen LogP contribution in [0.25, 0.3) is 0 Å². The molecule has 0 aromatic rings. The zero-order chi connectivity index (χ0) is 17.1. The minimum atomic E-state index is -0.666. The van der Waals surface area contributed by atoms with Crippen molar-refractivity contribution in [2.75, 3.05) is 18.8 Å². The van der Waals surface area contributed by atoms with Crippen LogP contribution in [-0.4, -0.2) is 40.3 Å². The first kappa shape index (κ1) is 20.5. The monoisotopic (exact) mass is 343 g/mol. The van der Waals surface area contributed by atoms with Crippen LogP contribution in [0.2, 0.25) is 0 Å². The fourth-order valence-electron chi connectivity index (χ4n) is 3.12. The molecular formula is C18H37N3OS. The summed E-state index contributed by atoms with van der Waals surface area (Å²) in [6.45, 7) is 10.4. The minimum Gasteiger partial charge on any atom is -0.357 e. The van der Waals surface area contributed by atoms with Gasteiger partial charge in [0.2, 0.25) is 0 Å². The van der Waals surface area contributed by atoms with E-state index in [2.05, 4.69) is 31.4 Å². The standard InChI is InChI=1S/C18H37N3OS/c1-5-19-18(20-13-8-7-10-15(3)4)21-16-11-9-12-17(14-16)23(22)6-2/h15-17H,5-14H2,1-4H3,(H2,19,20,21). The highest BCUT2D eigenvalue weighted by Crippen LogP contribution is 2.22. The van der Waals surface area contributed by atoms with Crippen molar-refractivity contribution >= 4 is 16.8 Å². The molecule has 1 aliphatic rings. The number of hydrogen-bond donors (Lipinski definition) is 2. The van der Waals surface area contributed by atoms with Crippen LogP contribution >= 0.6 is 0 Å². The number of rotatable bonds is 9. The van der Waals surface area contributed by atoms with E-state index in [9.17, 15) is 4.21 Å². The quantitative estimate of drug-likeness (QED) is 0.383. The predicted octanol–water partition coefficient (Wildman–Crippen LogP) is 3.45. The van der Waals surface area contributed by atoms with Gasteiger partial charge in [-0.05, 0) is 38.5 Å². The summed E-state index contributed by atoms with van der Waals surface area (Å²) in [7, 11) is -0.666. The molecule has 1 fully saturated rings. The number of hydrogen-bond acceptors (Lipinski definition) is 2. The third-order valence-electron chi connectivity index (χ3n) is 4.43. The van der Waals surface area contributed by atoms with E-state index in [4.69, 9.17) is 4.99 Å². The molecule has 0 aromatic heterocycles. The van der Waals surface area contributed by atoms with Crippen molar-refractivity contribution in [3.8, 4) is 0 Å². The summed E-state index contributed by atoms with van der Waals surface area (Å²) in [5, 5.41) is 7.28. The second-order valence-corrected chi connectivity index (χ2v) is 8.96. The molecule has 0 heterocycles. The lowest BCUT2D eigenvalue weighted by Crippen LogP contribution is -2.46. The molecule has 1 aliphatic carbocycles. The Morgan fingerprint density at radius 3 is 2.70 bits per heavy atom. The Morgan fingerprint density at radius 2 is 2.04 bits per heavy atom. The Morgan fingerprint density at radius 1 is 1.26 bits per heavy atom. The topological polar surface area (TPSA) is 53.5 Å². The van der Waals surface area contributed by atoms with Gasteiger partial charge in [0.1, 0.15) is 0 Å². The van der Waals surface area contributed by atoms with Crippen LogP contribution in [0.15, 0.2) is 4.99 Å². The van der Waals surface area contributed by atoms with Crippen LogP contribution in [0.5, 0.6) is 0 Å². The van der Waals surface area contributed by atoms with Gasteiger partial charge in [-0.25, -0.2) is 0 Å². The normalized spacial score (nSPS) is 23.8. The van der Waals surface area contributed by atoms with Crippen molar-refractivity contribution < 1.29 is 4.21 Å². The third kappa shape index (κ3) is 8.73. The second kappa shape index (κ2) is 11.9. The maximum Gasteiger partial charge on any atom is 0.191 e. The summed E-state index contributed by atoms with van der Waals surface area (Å²) in [6.07, 6.45) is 8.15. The van der Waals surface area contributed by atoms with Gasteiger partial charge >= 0.3 is 0 Å². The highest BCUT2D eigenvalue weighted by atomic mass is 32.2. The van der Waals surface area contributed by atoms with E-state index < -0.39 is 10.8 Å². The Kier molecular flexibility index (Phi) is 10.6. The average molecular weight is 344 g/mol. The van der Waals surface area contributed by atoms with E-state index >= 15 is 0 Å². The SMILES string of the molecule is CCNC(=NCCCCC(C)C)NC1CCCC(S(=O)CC)C1. The van der Waals surface area contributed by atoms with Crippen LogP contribution in [-0.2, 0) is 10.8 Å². The summed E-state index contributed by atoms with van der Waals surface area (Å²) in [6, 6.07) is 0.415. The number of aliphatic imine (C=N–C) groups is 1. The van der Waals surface area contributed by atoms with Gasteiger partial charge in [-0.15, -0.1) is 0 Å². The predicted molar refractivity (Wildman–Crippen MR) is 103 cm³/mol. The van der Waals surface area contributed by atoms with E-state index in [0.717, 1.165) is 56.4 Å². The zero-order valence-electron chi connectivity index (χ0n) is 15.6. The van der Waals surface area contributed by atoms with E-state index in [1.807, 2.05) is 6.92 Å². The smallest absolute Gasteiger partial charge is 0.191 e. The van der Waals surface area contributed by atoms with E-state index in [-0.39, 0.29) is 0 Å². The van der Waals surface area contributed by atoms with Gasteiger partial charge in [0, 0.05) is 40.9 Å². The molecule has 1 rings (SSSR count). The Hall–Kier alpha value is -0.580. The molecule has 0 bridgehead atoms.